The molecule has 0 aliphatic carbocycles. The van der Waals surface area contributed by atoms with Gasteiger partial charge in [0.2, 0.25) is 0 Å². The fourth-order valence-electron chi connectivity index (χ4n) is 1.82. The molecule has 0 fully saturated rings. The van der Waals surface area contributed by atoms with E-state index in [0.29, 0.717) is 4.90 Å². The van der Waals surface area contributed by atoms with Gasteiger partial charge in [-0.3, -0.25) is 14.5 Å². The largest absolute Gasteiger partial charge is 0.481 e. The molecule has 1 aromatic rings. The lowest BCUT2D eigenvalue weighted by Gasteiger charge is -2.32. The summed E-state index contributed by atoms with van der Waals surface area (Å²) in [6.45, 7) is -0.629. The van der Waals surface area contributed by atoms with E-state index in [1.807, 2.05) is 0 Å². The summed E-state index contributed by atoms with van der Waals surface area (Å²) in [5.41, 5.74) is 0. The average molecular weight is 342 g/mol. The highest BCUT2D eigenvalue weighted by atomic mass is 79.9. The summed E-state index contributed by atoms with van der Waals surface area (Å²) in [5.74, 6) is -4.61. The minimum absolute atomic E-state index is 0.0835. The molecule has 19 heavy (non-hydrogen) atoms. The van der Waals surface area contributed by atoms with E-state index < -0.39 is 30.5 Å². The van der Waals surface area contributed by atoms with Crippen LogP contribution in [0.4, 0.5) is 19.0 Å². The molecule has 0 aromatic carbocycles. The summed E-state index contributed by atoms with van der Waals surface area (Å²) in [6.07, 6.45) is -3.86. The number of aliphatic carboxylic acids is 1. The zero-order valence-electron chi connectivity index (χ0n) is 9.19. The van der Waals surface area contributed by atoms with Crippen molar-refractivity contribution in [2.75, 3.05) is 11.4 Å². The fraction of sp³-hybridized carbons (Fsp3) is 0.444. The van der Waals surface area contributed by atoms with Crippen LogP contribution in [0, 0.1) is 5.92 Å². The van der Waals surface area contributed by atoms with Crippen LogP contribution in [-0.4, -0.2) is 39.5 Å². The molecule has 1 unspecified atom stereocenters. The Morgan fingerprint density at radius 2 is 2.05 bits per heavy atom. The predicted octanol–water partition coefficient (Wildman–Crippen LogP) is 1.26. The summed E-state index contributed by atoms with van der Waals surface area (Å²) in [5, 5.41) is 12.6. The Labute approximate surface area is 112 Å². The molecule has 1 amide bonds. The molecule has 6 nitrogen and oxygen atoms in total. The van der Waals surface area contributed by atoms with Gasteiger partial charge in [-0.15, -0.1) is 0 Å². The molecule has 1 atom stereocenters. The van der Waals surface area contributed by atoms with Crippen LogP contribution >= 0.6 is 15.9 Å². The maximum absolute atomic E-state index is 12.5. The van der Waals surface area contributed by atoms with E-state index in [1.165, 1.54) is 6.20 Å². The number of carbonyl (C=O) groups is 2. The first-order valence-electron chi connectivity index (χ1n) is 5.04. The second-order valence-electron chi connectivity index (χ2n) is 3.95. The molecule has 1 N–H and O–H groups in total. The SMILES string of the molecule is O=C(O)C1CN(C(=O)C(F)(F)F)c2c(Br)cnn2C1. The van der Waals surface area contributed by atoms with Crippen molar-refractivity contribution in [3.8, 4) is 0 Å². The standard InChI is InChI=1S/C9H7BrF3N3O3/c10-5-1-14-16-3-4(7(17)18)2-15(6(5)16)8(19)9(11,12)13/h1,4H,2-3H2,(H,17,18). The number of rotatable bonds is 1. The lowest BCUT2D eigenvalue weighted by Crippen LogP contribution is -2.49. The topological polar surface area (TPSA) is 75.4 Å². The molecule has 1 aliphatic heterocycles. The number of alkyl halides is 3. The van der Waals surface area contributed by atoms with Crippen LogP contribution in [-0.2, 0) is 16.1 Å². The molecule has 0 spiro atoms. The van der Waals surface area contributed by atoms with Crippen molar-refractivity contribution in [1.82, 2.24) is 9.78 Å². The average Bonchev–Trinajstić information content (AvgIpc) is 2.68. The van der Waals surface area contributed by atoms with Crippen LogP contribution in [0.25, 0.3) is 0 Å². The smallest absolute Gasteiger partial charge is 0.471 e. The van der Waals surface area contributed by atoms with Crippen LogP contribution in [0.15, 0.2) is 10.7 Å². The maximum Gasteiger partial charge on any atom is 0.471 e. The molecule has 0 radical (unpaired) electrons. The molecule has 10 heteroatoms. The zero-order chi connectivity index (χ0) is 14.4. The molecule has 0 saturated heterocycles. The van der Waals surface area contributed by atoms with E-state index in [0.717, 1.165) is 4.68 Å². The first-order chi connectivity index (χ1) is 8.71. The van der Waals surface area contributed by atoms with Crippen LogP contribution in [0.2, 0.25) is 0 Å². The number of amides is 1. The van der Waals surface area contributed by atoms with Crippen LogP contribution < -0.4 is 4.90 Å². The third kappa shape index (κ3) is 2.44. The number of carboxylic acid groups (broad SMARTS) is 1. The Bertz CT molecular complexity index is 543. The second kappa shape index (κ2) is 4.51. The van der Waals surface area contributed by atoms with E-state index in [2.05, 4.69) is 21.0 Å². The van der Waals surface area contributed by atoms with Crippen LogP contribution in [0.3, 0.4) is 0 Å². The van der Waals surface area contributed by atoms with Crippen molar-refractivity contribution in [1.29, 1.82) is 0 Å². The summed E-state index contributed by atoms with van der Waals surface area (Å²) in [4.78, 5) is 22.7. The highest BCUT2D eigenvalue weighted by Crippen LogP contribution is 2.34. The van der Waals surface area contributed by atoms with Gasteiger partial charge in [0.05, 0.1) is 23.1 Å². The summed E-state index contributed by atoms with van der Waals surface area (Å²) in [7, 11) is 0. The number of hydrogen-bond acceptors (Lipinski definition) is 3. The van der Waals surface area contributed by atoms with Gasteiger partial charge in [-0.1, -0.05) is 0 Å². The minimum atomic E-state index is -5.07. The molecule has 0 saturated carbocycles. The number of carbonyl (C=O) groups excluding carboxylic acids is 1. The van der Waals surface area contributed by atoms with E-state index in [9.17, 15) is 22.8 Å². The van der Waals surface area contributed by atoms with Crippen molar-refractivity contribution < 1.29 is 27.9 Å². The Kier molecular flexibility index (Phi) is 3.29. The molecule has 2 heterocycles. The number of anilines is 1. The number of fused-ring (bicyclic) bond motifs is 1. The number of nitrogens with zero attached hydrogens (tertiary/aromatic N) is 3. The first-order valence-corrected chi connectivity index (χ1v) is 5.84. The van der Waals surface area contributed by atoms with Gasteiger partial charge in [-0.25, -0.2) is 4.68 Å². The van der Waals surface area contributed by atoms with Gasteiger partial charge in [-0.2, -0.15) is 18.3 Å². The quantitative estimate of drug-likeness (QED) is 0.834. The van der Waals surface area contributed by atoms with Gasteiger partial charge in [0, 0.05) is 6.54 Å². The van der Waals surface area contributed by atoms with E-state index in [4.69, 9.17) is 5.11 Å². The fourth-order valence-corrected chi connectivity index (χ4v) is 2.33. The van der Waals surface area contributed by atoms with E-state index >= 15 is 0 Å². The van der Waals surface area contributed by atoms with Gasteiger partial charge in [0.15, 0.2) is 0 Å². The molecular weight excluding hydrogens is 335 g/mol. The monoisotopic (exact) mass is 341 g/mol. The summed E-state index contributed by atoms with van der Waals surface area (Å²) >= 11 is 2.99. The van der Waals surface area contributed by atoms with Crippen molar-refractivity contribution in [2.24, 2.45) is 5.92 Å². The van der Waals surface area contributed by atoms with Crippen molar-refractivity contribution in [3.63, 3.8) is 0 Å². The number of halogens is 4. The lowest BCUT2D eigenvalue weighted by atomic mass is 10.1. The Morgan fingerprint density at radius 3 is 2.58 bits per heavy atom. The van der Waals surface area contributed by atoms with Crippen molar-refractivity contribution in [3.05, 3.63) is 10.7 Å². The zero-order valence-corrected chi connectivity index (χ0v) is 10.8. The van der Waals surface area contributed by atoms with Gasteiger partial charge in [0.25, 0.3) is 0 Å². The molecular formula is C9H7BrF3N3O3. The molecule has 1 aromatic heterocycles. The normalized spacial score (nSPS) is 19.2. The highest BCUT2D eigenvalue weighted by molar-refractivity contribution is 9.10. The van der Waals surface area contributed by atoms with Gasteiger partial charge < -0.3 is 5.11 Å². The first kappa shape index (κ1) is 13.8. The van der Waals surface area contributed by atoms with Crippen LogP contribution in [0.5, 0.6) is 0 Å². The van der Waals surface area contributed by atoms with Crippen molar-refractivity contribution >= 4 is 33.6 Å². The number of aromatic nitrogens is 2. The Hall–Kier alpha value is -1.58. The van der Waals surface area contributed by atoms with E-state index in [-0.39, 0.29) is 16.8 Å². The van der Waals surface area contributed by atoms with Gasteiger partial charge in [0.1, 0.15) is 5.82 Å². The van der Waals surface area contributed by atoms with Crippen molar-refractivity contribution in [2.45, 2.75) is 12.7 Å². The number of hydrogen-bond donors (Lipinski definition) is 1. The minimum Gasteiger partial charge on any atom is -0.481 e. The molecule has 0 bridgehead atoms. The molecule has 1 aliphatic rings. The van der Waals surface area contributed by atoms with Crippen LogP contribution in [0.1, 0.15) is 0 Å². The summed E-state index contributed by atoms with van der Waals surface area (Å²) in [6, 6.07) is 0. The van der Waals surface area contributed by atoms with Gasteiger partial charge >= 0.3 is 18.1 Å². The third-order valence-electron chi connectivity index (χ3n) is 2.66. The van der Waals surface area contributed by atoms with Gasteiger partial charge in [-0.05, 0) is 15.9 Å². The molecule has 104 valence electrons. The summed E-state index contributed by atoms with van der Waals surface area (Å²) < 4.78 is 38.8. The molecule has 2 rings (SSSR count). The highest BCUT2D eigenvalue weighted by Gasteiger charge is 2.47. The number of carboxylic acids is 1. The second-order valence-corrected chi connectivity index (χ2v) is 4.80. The lowest BCUT2D eigenvalue weighted by molar-refractivity contribution is -0.171. The maximum atomic E-state index is 12.5. The Balaban J connectivity index is 2.44. The van der Waals surface area contributed by atoms with E-state index in [1.54, 1.807) is 0 Å². The Morgan fingerprint density at radius 1 is 1.42 bits per heavy atom. The predicted molar refractivity (Wildman–Crippen MR) is 59.5 cm³/mol. The third-order valence-corrected chi connectivity index (χ3v) is 3.22.